The lowest BCUT2D eigenvalue weighted by Gasteiger charge is -2.04. The van der Waals surface area contributed by atoms with E-state index in [1.54, 1.807) is 6.92 Å². The Morgan fingerprint density at radius 2 is 2.11 bits per heavy atom. The fraction of sp³-hybridized carbons (Fsp3) is 0.308. The Kier molecular flexibility index (Phi) is 2.98. The van der Waals surface area contributed by atoms with Gasteiger partial charge in [0.1, 0.15) is 12.4 Å². The van der Waals surface area contributed by atoms with Crippen molar-refractivity contribution in [3.63, 3.8) is 0 Å². The van der Waals surface area contributed by atoms with Crippen LogP contribution in [0.4, 0.5) is 0 Å². The van der Waals surface area contributed by atoms with Crippen molar-refractivity contribution in [2.45, 2.75) is 26.3 Å². The van der Waals surface area contributed by atoms with Crippen LogP contribution in [0.1, 0.15) is 23.1 Å². The van der Waals surface area contributed by atoms with E-state index in [1.165, 1.54) is 0 Å². The molecule has 98 valence electrons. The molecule has 0 N–H and O–H groups in total. The average Bonchev–Trinajstić information content (AvgIpc) is 2.96. The first-order valence-electron chi connectivity index (χ1n) is 5.99. The van der Waals surface area contributed by atoms with Crippen LogP contribution >= 0.6 is 11.6 Å². The van der Waals surface area contributed by atoms with Crippen molar-refractivity contribution >= 4 is 22.6 Å². The molecule has 0 aliphatic rings. The van der Waals surface area contributed by atoms with E-state index in [2.05, 4.69) is 15.1 Å². The van der Waals surface area contributed by atoms with Crippen LogP contribution in [0.5, 0.6) is 0 Å². The molecule has 0 spiro atoms. The first kappa shape index (κ1) is 12.2. The van der Waals surface area contributed by atoms with Gasteiger partial charge in [0.15, 0.2) is 5.82 Å². The van der Waals surface area contributed by atoms with Crippen molar-refractivity contribution < 1.29 is 4.52 Å². The first-order valence-corrected chi connectivity index (χ1v) is 6.52. The Morgan fingerprint density at radius 1 is 1.26 bits per heavy atom. The Bertz CT molecular complexity index is 731. The predicted molar refractivity (Wildman–Crippen MR) is 72.2 cm³/mol. The van der Waals surface area contributed by atoms with E-state index < -0.39 is 0 Å². The molecular formula is C13H13ClN4O. The molecule has 0 bridgehead atoms. The summed E-state index contributed by atoms with van der Waals surface area (Å²) in [6.07, 6.45) is 0. The number of halogens is 1. The summed E-state index contributed by atoms with van der Waals surface area (Å²) in [7, 11) is 0. The third-order valence-electron chi connectivity index (χ3n) is 3.04. The third kappa shape index (κ3) is 2.10. The second-order valence-corrected chi connectivity index (χ2v) is 4.69. The highest BCUT2D eigenvalue weighted by Gasteiger charge is 2.14. The van der Waals surface area contributed by atoms with Crippen LogP contribution in [0.2, 0.25) is 0 Å². The highest BCUT2D eigenvalue weighted by atomic mass is 35.5. The Labute approximate surface area is 115 Å². The lowest BCUT2D eigenvalue weighted by atomic mass is 10.2. The van der Waals surface area contributed by atoms with Crippen LogP contribution in [0.15, 0.2) is 22.7 Å². The van der Waals surface area contributed by atoms with E-state index >= 15 is 0 Å². The lowest BCUT2D eigenvalue weighted by Crippen LogP contribution is -2.04. The van der Waals surface area contributed by atoms with Gasteiger partial charge in [-0.05, 0) is 25.5 Å². The standard InChI is InChI=1S/C13H13ClN4O/c1-8-4-3-5-10-13(8)16-11(6-14)18(10)7-12-15-9(2)17-19-12/h3-5H,6-7H2,1-2H3. The number of benzene rings is 1. The van der Waals surface area contributed by atoms with E-state index in [1.807, 2.05) is 29.7 Å². The molecule has 5 nitrogen and oxygen atoms in total. The molecule has 0 fully saturated rings. The van der Waals surface area contributed by atoms with Gasteiger partial charge in [0, 0.05) is 0 Å². The molecule has 0 radical (unpaired) electrons. The summed E-state index contributed by atoms with van der Waals surface area (Å²) >= 11 is 5.98. The summed E-state index contributed by atoms with van der Waals surface area (Å²) in [6.45, 7) is 4.32. The van der Waals surface area contributed by atoms with Crippen molar-refractivity contribution in [1.82, 2.24) is 19.7 Å². The minimum Gasteiger partial charge on any atom is -0.337 e. The molecule has 0 saturated carbocycles. The molecule has 0 aliphatic carbocycles. The number of fused-ring (bicyclic) bond motifs is 1. The van der Waals surface area contributed by atoms with E-state index in [0.29, 0.717) is 24.1 Å². The molecule has 0 amide bonds. The van der Waals surface area contributed by atoms with E-state index in [9.17, 15) is 0 Å². The molecule has 2 heterocycles. The van der Waals surface area contributed by atoms with Crippen molar-refractivity contribution in [2.24, 2.45) is 0 Å². The molecule has 3 rings (SSSR count). The molecule has 2 aromatic heterocycles. The number of aromatic nitrogens is 4. The number of nitrogens with zero attached hydrogens (tertiary/aromatic N) is 4. The summed E-state index contributed by atoms with van der Waals surface area (Å²) in [5.74, 6) is 2.34. The molecule has 0 unspecified atom stereocenters. The van der Waals surface area contributed by atoms with Gasteiger partial charge in [-0.2, -0.15) is 4.98 Å². The Morgan fingerprint density at radius 3 is 2.79 bits per heavy atom. The summed E-state index contributed by atoms with van der Waals surface area (Å²) in [4.78, 5) is 8.80. The Hall–Kier alpha value is -1.88. The lowest BCUT2D eigenvalue weighted by molar-refractivity contribution is 0.368. The molecule has 6 heteroatoms. The minimum atomic E-state index is 0.348. The fourth-order valence-corrected chi connectivity index (χ4v) is 2.36. The number of imidazole rings is 1. The largest absolute Gasteiger partial charge is 0.337 e. The number of alkyl halides is 1. The van der Waals surface area contributed by atoms with E-state index in [4.69, 9.17) is 16.1 Å². The molecule has 19 heavy (non-hydrogen) atoms. The second kappa shape index (κ2) is 4.66. The van der Waals surface area contributed by atoms with Crippen molar-refractivity contribution in [2.75, 3.05) is 0 Å². The minimum absolute atomic E-state index is 0.348. The van der Waals surface area contributed by atoms with Gasteiger partial charge in [-0.15, -0.1) is 11.6 Å². The zero-order valence-corrected chi connectivity index (χ0v) is 11.5. The fourth-order valence-electron chi connectivity index (χ4n) is 2.15. The van der Waals surface area contributed by atoms with Gasteiger partial charge in [-0.1, -0.05) is 17.3 Å². The number of para-hydroxylation sites is 1. The quantitative estimate of drug-likeness (QED) is 0.690. The molecule has 0 aliphatic heterocycles. The smallest absolute Gasteiger partial charge is 0.246 e. The van der Waals surface area contributed by atoms with Crippen molar-refractivity contribution in [3.8, 4) is 0 Å². The molecular weight excluding hydrogens is 264 g/mol. The van der Waals surface area contributed by atoms with Gasteiger partial charge in [0.2, 0.25) is 5.89 Å². The van der Waals surface area contributed by atoms with Gasteiger partial charge in [0.25, 0.3) is 0 Å². The van der Waals surface area contributed by atoms with Crippen LogP contribution < -0.4 is 0 Å². The van der Waals surface area contributed by atoms with Gasteiger partial charge < -0.3 is 9.09 Å². The number of rotatable bonds is 3. The van der Waals surface area contributed by atoms with Crippen LogP contribution in [-0.4, -0.2) is 19.7 Å². The maximum atomic E-state index is 5.98. The van der Waals surface area contributed by atoms with Crippen molar-refractivity contribution in [3.05, 3.63) is 41.3 Å². The van der Waals surface area contributed by atoms with Crippen LogP contribution in [0.3, 0.4) is 0 Å². The van der Waals surface area contributed by atoms with Gasteiger partial charge >= 0.3 is 0 Å². The summed E-state index contributed by atoms with van der Waals surface area (Å²) < 4.78 is 7.18. The number of hydrogen-bond acceptors (Lipinski definition) is 4. The average molecular weight is 277 g/mol. The SMILES string of the molecule is Cc1noc(Cn2c(CCl)nc3c(C)cccc32)n1. The highest BCUT2D eigenvalue weighted by molar-refractivity contribution is 6.16. The normalized spacial score (nSPS) is 11.3. The van der Waals surface area contributed by atoms with Gasteiger partial charge in [-0.25, -0.2) is 4.98 Å². The Balaban J connectivity index is 2.13. The maximum absolute atomic E-state index is 5.98. The van der Waals surface area contributed by atoms with Crippen LogP contribution in [0.25, 0.3) is 11.0 Å². The molecule has 0 saturated heterocycles. The predicted octanol–water partition coefficient (Wildman–Crippen LogP) is 2.82. The number of hydrogen-bond donors (Lipinski definition) is 0. The first-order chi connectivity index (χ1) is 9.19. The monoisotopic (exact) mass is 276 g/mol. The molecule has 0 atom stereocenters. The maximum Gasteiger partial charge on any atom is 0.246 e. The zero-order chi connectivity index (χ0) is 13.4. The highest BCUT2D eigenvalue weighted by Crippen LogP contribution is 2.21. The van der Waals surface area contributed by atoms with Crippen LogP contribution in [0, 0.1) is 13.8 Å². The topological polar surface area (TPSA) is 56.7 Å². The van der Waals surface area contributed by atoms with Gasteiger partial charge in [0.05, 0.1) is 16.9 Å². The summed E-state index contributed by atoms with van der Waals surface area (Å²) in [5.41, 5.74) is 3.13. The third-order valence-corrected chi connectivity index (χ3v) is 3.28. The number of aryl methyl sites for hydroxylation is 2. The van der Waals surface area contributed by atoms with Crippen molar-refractivity contribution in [1.29, 1.82) is 0 Å². The summed E-state index contributed by atoms with van der Waals surface area (Å²) in [5, 5.41) is 3.80. The summed E-state index contributed by atoms with van der Waals surface area (Å²) in [6, 6.07) is 6.07. The van der Waals surface area contributed by atoms with Gasteiger partial charge in [-0.3, -0.25) is 0 Å². The van der Waals surface area contributed by atoms with Crippen LogP contribution in [-0.2, 0) is 12.4 Å². The molecule has 3 aromatic rings. The molecule has 1 aromatic carbocycles. The van der Waals surface area contributed by atoms with E-state index in [-0.39, 0.29) is 0 Å². The second-order valence-electron chi connectivity index (χ2n) is 4.43. The zero-order valence-electron chi connectivity index (χ0n) is 10.7. The van der Waals surface area contributed by atoms with E-state index in [0.717, 1.165) is 22.4 Å².